The minimum atomic E-state index is -0.799. The lowest BCUT2D eigenvalue weighted by Crippen LogP contribution is -2.41. The van der Waals surface area contributed by atoms with Gasteiger partial charge in [-0.05, 0) is 61.4 Å². The van der Waals surface area contributed by atoms with Gasteiger partial charge in [-0.25, -0.2) is 4.39 Å². The molecule has 6 nitrogen and oxygen atoms in total. The van der Waals surface area contributed by atoms with Crippen molar-refractivity contribution < 1.29 is 19.0 Å². The molecule has 0 amide bonds. The van der Waals surface area contributed by atoms with Gasteiger partial charge in [0.15, 0.2) is 0 Å². The van der Waals surface area contributed by atoms with E-state index in [2.05, 4.69) is 21.7 Å². The van der Waals surface area contributed by atoms with Crippen molar-refractivity contribution in [2.75, 3.05) is 26.7 Å². The number of nitrogens with two attached hydrogens (primary N) is 1. The predicted octanol–water partition coefficient (Wildman–Crippen LogP) is 5.34. The van der Waals surface area contributed by atoms with E-state index in [1.807, 2.05) is 18.2 Å². The summed E-state index contributed by atoms with van der Waals surface area (Å²) >= 11 is 7.80. The molecule has 0 aliphatic carbocycles. The highest BCUT2D eigenvalue weighted by molar-refractivity contribution is 7.10. The fraction of sp³-hybridized carbons (Fsp3) is 0.407. The molecule has 0 bridgehead atoms. The van der Waals surface area contributed by atoms with E-state index in [0.29, 0.717) is 35.2 Å². The van der Waals surface area contributed by atoms with Crippen LogP contribution in [0.3, 0.4) is 0 Å². The van der Waals surface area contributed by atoms with Crippen LogP contribution in [-0.4, -0.2) is 47.7 Å². The first-order chi connectivity index (χ1) is 17.3. The summed E-state index contributed by atoms with van der Waals surface area (Å²) in [4.78, 5) is 18.9. The standard InChI is InChI=1S/C27H29ClFN3O3S/c1-35-20-5-7-25-22(13-20)27(23(28)14-31-25)24(30)6-4-17-8-10-32(15-18(17)11-26(33)34)9-2-3-21-12-19(29)16-36-21/h5,7,12-14,16-18,24H,4,6,8-11,15,30H2,1H3,(H,33,34). The SMILES string of the molecule is COc1ccc2ncc(Cl)c(C(N)CCC3CCN(CC#Cc4cc(F)cs4)CC3CC(=O)O)c2c1. The number of fused-ring (bicyclic) bond motifs is 1. The van der Waals surface area contributed by atoms with Gasteiger partial charge in [0.05, 0.1) is 29.1 Å². The maximum Gasteiger partial charge on any atom is 0.303 e. The van der Waals surface area contributed by atoms with Gasteiger partial charge in [-0.3, -0.25) is 14.7 Å². The molecule has 3 atom stereocenters. The van der Waals surface area contributed by atoms with Crippen molar-refractivity contribution in [3.05, 3.63) is 57.1 Å². The average Bonchev–Trinajstić information content (AvgIpc) is 3.27. The Morgan fingerprint density at radius 1 is 1.42 bits per heavy atom. The van der Waals surface area contributed by atoms with E-state index < -0.39 is 5.97 Å². The average molecular weight is 530 g/mol. The Balaban J connectivity index is 1.42. The highest BCUT2D eigenvalue weighted by atomic mass is 35.5. The first-order valence-electron chi connectivity index (χ1n) is 11.9. The van der Waals surface area contributed by atoms with Crippen molar-refractivity contribution in [2.24, 2.45) is 17.6 Å². The first kappa shape index (κ1) is 26.4. The number of carboxylic acid groups (broad SMARTS) is 1. The number of halogens is 2. The highest BCUT2D eigenvalue weighted by Gasteiger charge is 2.31. The summed E-state index contributed by atoms with van der Waals surface area (Å²) in [5, 5.41) is 12.3. The van der Waals surface area contributed by atoms with Crippen molar-refractivity contribution >= 4 is 39.8 Å². The van der Waals surface area contributed by atoms with Crippen LogP contribution in [0.25, 0.3) is 10.9 Å². The quantitative estimate of drug-likeness (QED) is 0.383. The van der Waals surface area contributed by atoms with Crippen LogP contribution < -0.4 is 10.5 Å². The van der Waals surface area contributed by atoms with E-state index in [1.54, 1.807) is 13.3 Å². The minimum Gasteiger partial charge on any atom is -0.497 e. The van der Waals surface area contributed by atoms with Crippen molar-refractivity contribution in [2.45, 2.75) is 31.7 Å². The molecule has 1 aromatic carbocycles. The van der Waals surface area contributed by atoms with E-state index in [4.69, 9.17) is 22.1 Å². The van der Waals surface area contributed by atoms with Crippen LogP contribution in [0.4, 0.5) is 4.39 Å². The van der Waals surface area contributed by atoms with Gasteiger partial charge in [0, 0.05) is 42.0 Å². The molecule has 1 aliphatic rings. The molecular weight excluding hydrogens is 501 g/mol. The summed E-state index contributed by atoms with van der Waals surface area (Å²) < 4.78 is 18.5. The van der Waals surface area contributed by atoms with Crippen molar-refractivity contribution in [1.29, 1.82) is 0 Å². The van der Waals surface area contributed by atoms with Crippen molar-refractivity contribution in [1.82, 2.24) is 9.88 Å². The van der Waals surface area contributed by atoms with Crippen LogP contribution in [0.5, 0.6) is 5.75 Å². The van der Waals surface area contributed by atoms with E-state index in [-0.39, 0.29) is 30.1 Å². The number of rotatable bonds is 8. The molecule has 3 aromatic rings. The number of aliphatic carboxylic acids is 1. The zero-order chi connectivity index (χ0) is 25.7. The Morgan fingerprint density at radius 3 is 2.97 bits per heavy atom. The van der Waals surface area contributed by atoms with Gasteiger partial charge in [0.2, 0.25) is 0 Å². The maximum absolute atomic E-state index is 13.1. The molecule has 36 heavy (non-hydrogen) atoms. The summed E-state index contributed by atoms with van der Waals surface area (Å²) in [5.74, 6) is 5.98. The Kier molecular flexibility index (Phi) is 8.81. The molecule has 9 heteroatoms. The second-order valence-electron chi connectivity index (χ2n) is 9.16. The molecule has 0 radical (unpaired) electrons. The number of hydrogen-bond donors (Lipinski definition) is 2. The number of methoxy groups -OCH3 is 1. The van der Waals surface area contributed by atoms with Gasteiger partial charge in [-0.1, -0.05) is 23.4 Å². The number of ether oxygens (including phenoxy) is 1. The number of likely N-dealkylation sites (tertiary alicyclic amines) is 1. The van der Waals surface area contributed by atoms with Crippen LogP contribution in [0.1, 0.15) is 42.2 Å². The lowest BCUT2D eigenvalue weighted by atomic mass is 9.79. The van der Waals surface area contributed by atoms with Crippen LogP contribution >= 0.6 is 22.9 Å². The van der Waals surface area contributed by atoms with E-state index in [0.717, 1.165) is 35.9 Å². The lowest BCUT2D eigenvalue weighted by molar-refractivity contribution is -0.139. The number of aromatic nitrogens is 1. The Bertz CT molecular complexity index is 1290. The van der Waals surface area contributed by atoms with E-state index in [1.165, 1.54) is 22.8 Å². The van der Waals surface area contributed by atoms with Crippen LogP contribution in [-0.2, 0) is 4.79 Å². The topological polar surface area (TPSA) is 88.7 Å². The summed E-state index contributed by atoms with van der Waals surface area (Å²) in [6, 6.07) is 6.76. The van der Waals surface area contributed by atoms with Gasteiger partial charge >= 0.3 is 5.97 Å². The Labute approximate surface area is 219 Å². The fourth-order valence-corrected chi connectivity index (χ4v) is 5.87. The van der Waals surface area contributed by atoms with Crippen molar-refractivity contribution in [3.63, 3.8) is 0 Å². The van der Waals surface area contributed by atoms with Gasteiger partial charge in [-0.2, -0.15) is 0 Å². The third-order valence-electron chi connectivity index (χ3n) is 6.78. The molecule has 1 fully saturated rings. The van der Waals surface area contributed by atoms with Gasteiger partial charge in [0.1, 0.15) is 11.6 Å². The lowest BCUT2D eigenvalue weighted by Gasteiger charge is -2.37. The third-order valence-corrected chi connectivity index (χ3v) is 7.90. The number of nitrogens with zero attached hydrogens (tertiary/aromatic N) is 2. The molecule has 4 rings (SSSR count). The summed E-state index contributed by atoms with van der Waals surface area (Å²) in [6.45, 7) is 2.03. The summed E-state index contributed by atoms with van der Waals surface area (Å²) in [5.41, 5.74) is 8.28. The molecule has 0 spiro atoms. The van der Waals surface area contributed by atoms with Crippen LogP contribution in [0.2, 0.25) is 5.02 Å². The highest BCUT2D eigenvalue weighted by Crippen LogP contribution is 2.36. The monoisotopic (exact) mass is 529 g/mol. The Hall–Kier alpha value is -2.70. The predicted molar refractivity (Wildman–Crippen MR) is 141 cm³/mol. The number of carbonyl (C=O) groups is 1. The zero-order valence-electron chi connectivity index (χ0n) is 20.0. The number of carboxylic acids is 1. The van der Waals surface area contributed by atoms with E-state index in [9.17, 15) is 14.3 Å². The molecule has 190 valence electrons. The molecule has 3 heterocycles. The second kappa shape index (κ2) is 12.0. The first-order valence-corrected chi connectivity index (χ1v) is 13.1. The van der Waals surface area contributed by atoms with Gasteiger partial charge in [0.25, 0.3) is 0 Å². The number of benzene rings is 1. The van der Waals surface area contributed by atoms with Gasteiger partial charge < -0.3 is 15.6 Å². The minimum absolute atomic E-state index is 0.00850. The van der Waals surface area contributed by atoms with Crippen LogP contribution in [0, 0.1) is 29.5 Å². The summed E-state index contributed by atoms with van der Waals surface area (Å²) in [6.07, 6.45) is 4.09. The largest absolute Gasteiger partial charge is 0.497 e. The fourth-order valence-electron chi connectivity index (χ4n) is 4.96. The normalized spacial score (nSPS) is 19.0. The van der Waals surface area contributed by atoms with Crippen LogP contribution in [0.15, 0.2) is 35.8 Å². The number of pyridine rings is 1. The Morgan fingerprint density at radius 2 is 2.25 bits per heavy atom. The zero-order valence-corrected chi connectivity index (χ0v) is 21.6. The van der Waals surface area contributed by atoms with Gasteiger partial charge in [-0.15, -0.1) is 11.3 Å². The van der Waals surface area contributed by atoms with E-state index >= 15 is 0 Å². The second-order valence-corrected chi connectivity index (χ2v) is 10.5. The smallest absolute Gasteiger partial charge is 0.303 e. The number of hydrogen-bond acceptors (Lipinski definition) is 6. The molecule has 2 aromatic heterocycles. The maximum atomic E-state index is 13.1. The molecule has 1 saturated heterocycles. The third kappa shape index (κ3) is 6.54. The molecule has 1 aliphatic heterocycles. The van der Waals surface area contributed by atoms with Crippen molar-refractivity contribution in [3.8, 4) is 17.6 Å². The summed E-state index contributed by atoms with van der Waals surface area (Å²) in [7, 11) is 1.61. The molecule has 0 saturated carbocycles. The molecule has 3 N–H and O–H groups in total. The number of piperidine rings is 1. The molecular formula is C27H29ClFN3O3S. The molecule has 3 unspecified atom stereocenters. The number of thiophene rings is 1.